The summed E-state index contributed by atoms with van der Waals surface area (Å²) in [5.74, 6) is -0.226. The highest BCUT2D eigenvalue weighted by Crippen LogP contribution is 2.21. The van der Waals surface area contributed by atoms with Crippen molar-refractivity contribution in [3.05, 3.63) is 95.0 Å². The molecule has 0 aliphatic carbocycles. The van der Waals surface area contributed by atoms with Crippen LogP contribution in [0.4, 0.5) is 5.69 Å². The number of nitrogens with one attached hydrogen (secondary N) is 1. The fourth-order valence-corrected chi connectivity index (χ4v) is 3.16. The number of rotatable bonds is 5. The Kier molecular flexibility index (Phi) is 4.95. The molecule has 6 nitrogen and oxygen atoms in total. The van der Waals surface area contributed by atoms with Crippen LogP contribution in [0.3, 0.4) is 0 Å². The van der Waals surface area contributed by atoms with Gasteiger partial charge in [-0.2, -0.15) is 10.2 Å². The SMILES string of the molecule is Cc1c(C(=O)Nc2cnn(-c3ccccc3Cl)c2)cnn1Cc1ccccc1. The number of carbonyl (C=O) groups excluding carboxylic acids is 1. The van der Waals surface area contributed by atoms with Crippen LogP contribution in [0.2, 0.25) is 5.02 Å². The summed E-state index contributed by atoms with van der Waals surface area (Å²) in [6.07, 6.45) is 4.90. The van der Waals surface area contributed by atoms with Crippen LogP contribution in [0.25, 0.3) is 5.69 Å². The number of hydrogen-bond acceptors (Lipinski definition) is 3. The second-order valence-electron chi connectivity index (χ2n) is 6.37. The fourth-order valence-electron chi connectivity index (χ4n) is 2.94. The van der Waals surface area contributed by atoms with Gasteiger partial charge >= 0.3 is 0 Å². The van der Waals surface area contributed by atoms with E-state index in [0.717, 1.165) is 16.9 Å². The zero-order chi connectivity index (χ0) is 19.5. The molecular formula is C21H18ClN5O. The van der Waals surface area contributed by atoms with Gasteiger partial charge in [0.05, 0.1) is 47.1 Å². The lowest BCUT2D eigenvalue weighted by Crippen LogP contribution is -2.13. The summed E-state index contributed by atoms with van der Waals surface area (Å²) in [6.45, 7) is 2.50. The third kappa shape index (κ3) is 3.68. The Balaban J connectivity index is 1.50. The lowest BCUT2D eigenvalue weighted by atomic mass is 10.2. The van der Waals surface area contributed by atoms with E-state index in [0.29, 0.717) is 22.8 Å². The molecule has 0 unspecified atom stereocenters. The van der Waals surface area contributed by atoms with Crippen molar-refractivity contribution >= 4 is 23.2 Å². The fraction of sp³-hybridized carbons (Fsp3) is 0.0952. The van der Waals surface area contributed by atoms with E-state index in [1.807, 2.05) is 60.1 Å². The molecule has 2 aromatic carbocycles. The minimum atomic E-state index is -0.226. The Morgan fingerprint density at radius 2 is 1.79 bits per heavy atom. The summed E-state index contributed by atoms with van der Waals surface area (Å²) in [6, 6.07) is 17.4. The van der Waals surface area contributed by atoms with E-state index < -0.39 is 0 Å². The molecule has 1 N–H and O–H groups in total. The molecule has 4 aromatic rings. The van der Waals surface area contributed by atoms with Gasteiger partial charge in [-0.05, 0) is 24.6 Å². The van der Waals surface area contributed by atoms with E-state index in [-0.39, 0.29) is 5.91 Å². The molecule has 0 radical (unpaired) electrons. The van der Waals surface area contributed by atoms with Crippen LogP contribution in [-0.2, 0) is 6.54 Å². The maximum atomic E-state index is 12.7. The Morgan fingerprint density at radius 1 is 1.04 bits per heavy atom. The number of benzene rings is 2. The first-order valence-corrected chi connectivity index (χ1v) is 9.17. The molecule has 0 fully saturated rings. The van der Waals surface area contributed by atoms with Crippen molar-refractivity contribution in [1.29, 1.82) is 0 Å². The molecule has 2 heterocycles. The van der Waals surface area contributed by atoms with Crippen molar-refractivity contribution in [3.8, 4) is 5.69 Å². The zero-order valence-electron chi connectivity index (χ0n) is 15.2. The van der Waals surface area contributed by atoms with Gasteiger partial charge in [0.2, 0.25) is 0 Å². The number of amides is 1. The number of halogens is 1. The molecular weight excluding hydrogens is 374 g/mol. The highest BCUT2D eigenvalue weighted by atomic mass is 35.5. The molecule has 4 rings (SSSR count). The smallest absolute Gasteiger partial charge is 0.259 e. The van der Waals surface area contributed by atoms with Crippen LogP contribution in [0, 0.1) is 6.92 Å². The Morgan fingerprint density at radius 3 is 2.57 bits per heavy atom. The van der Waals surface area contributed by atoms with E-state index in [9.17, 15) is 4.79 Å². The minimum absolute atomic E-state index is 0.226. The van der Waals surface area contributed by atoms with Crippen LogP contribution in [-0.4, -0.2) is 25.5 Å². The van der Waals surface area contributed by atoms with Gasteiger partial charge in [0, 0.05) is 5.69 Å². The molecule has 0 saturated heterocycles. The molecule has 1 amide bonds. The van der Waals surface area contributed by atoms with E-state index in [2.05, 4.69) is 15.5 Å². The van der Waals surface area contributed by atoms with Gasteiger partial charge in [0.1, 0.15) is 0 Å². The lowest BCUT2D eigenvalue weighted by molar-refractivity contribution is 0.102. The number of anilines is 1. The molecule has 2 aromatic heterocycles. The van der Waals surface area contributed by atoms with E-state index >= 15 is 0 Å². The van der Waals surface area contributed by atoms with Gasteiger partial charge in [-0.3, -0.25) is 9.48 Å². The largest absolute Gasteiger partial charge is 0.319 e. The third-order valence-electron chi connectivity index (χ3n) is 4.46. The van der Waals surface area contributed by atoms with Gasteiger partial charge < -0.3 is 5.32 Å². The molecule has 0 bridgehead atoms. The van der Waals surface area contributed by atoms with Crippen molar-refractivity contribution < 1.29 is 4.79 Å². The standard InChI is InChI=1S/C21H18ClN5O/c1-15-18(12-24-26(15)13-16-7-3-2-4-8-16)21(28)25-17-11-23-27(14-17)20-10-6-5-9-19(20)22/h2-12,14H,13H2,1H3,(H,25,28). The van der Waals surface area contributed by atoms with Crippen molar-refractivity contribution in [1.82, 2.24) is 19.6 Å². The summed E-state index contributed by atoms with van der Waals surface area (Å²) in [7, 11) is 0. The average molecular weight is 392 g/mol. The van der Waals surface area contributed by atoms with Gasteiger partial charge in [-0.25, -0.2) is 4.68 Å². The summed E-state index contributed by atoms with van der Waals surface area (Å²) in [4.78, 5) is 12.7. The van der Waals surface area contributed by atoms with Gasteiger partial charge in [-0.15, -0.1) is 0 Å². The maximum absolute atomic E-state index is 12.7. The topological polar surface area (TPSA) is 64.7 Å². The second-order valence-corrected chi connectivity index (χ2v) is 6.77. The lowest BCUT2D eigenvalue weighted by Gasteiger charge is -2.06. The van der Waals surface area contributed by atoms with Crippen molar-refractivity contribution in [3.63, 3.8) is 0 Å². The summed E-state index contributed by atoms with van der Waals surface area (Å²) < 4.78 is 3.45. The van der Waals surface area contributed by atoms with Crippen LogP contribution in [0.1, 0.15) is 21.6 Å². The molecule has 0 atom stereocenters. The van der Waals surface area contributed by atoms with Crippen LogP contribution in [0.15, 0.2) is 73.2 Å². The molecule has 0 spiro atoms. The van der Waals surface area contributed by atoms with Gasteiger partial charge in [0.25, 0.3) is 5.91 Å². The molecule has 140 valence electrons. The first-order valence-electron chi connectivity index (χ1n) is 8.79. The molecule has 0 aliphatic heterocycles. The number of carbonyl (C=O) groups is 1. The number of hydrogen-bond donors (Lipinski definition) is 1. The number of aromatic nitrogens is 4. The third-order valence-corrected chi connectivity index (χ3v) is 4.78. The highest BCUT2D eigenvalue weighted by Gasteiger charge is 2.15. The van der Waals surface area contributed by atoms with Gasteiger partial charge in [0.15, 0.2) is 0 Å². The van der Waals surface area contributed by atoms with Crippen molar-refractivity contribution in [2.24, 2.45) is 0 Å². The van der Waals surface area contributed by atoms with E-state index in [4.69, 9.17) is 11.6 Å². The van der Waals surface area contributed by atoms with E-state index in [1.165, 1.54) is 0 Å². The first-order chi connectivity index (χ1) is 13.6. The summed E-state index contributed by atoms with van der Waals surface area (Å²) in [5, 5.41) is 12.1. The number of nitrogens with zero attached hydrogens (tertiary/aromatic N) is 4. The summed E-state index contributed by atoms with van der Waals surface area (Å²) >= 11 is 6.20. The average Bonchev–Trinajstić information content (AvgIpc) is 3.30. The molecule has 0 aliphatic rings. The zero-order valence-corrected chi connectivity index (χ0v) is 16.0. The van der Waals surface area contributed by atoms with Crippen LogP contribution in [0.5, 0.6) is 0 Å². The normalized spacial score (nSPS) is 10.8. The Hall–Kier alpha value is -3.38. The predicted octanol–water partition coefficient (Wildman–Crippen LogP) is 4.33. The monoisotopic (exact) mass is 391 g/mol. The molecule has 7 heteroatoms. The van der Waals surface area contributed by atoms with E-state index in [1.54, 1.807) is 29.3 Å². The second kappa shape index (κ2) is 7.70. The van der Waals surface area contributed by atoms with Gasteiger partial charge in [-0.1, -0.05) is 54.1 Å². The Labute approximate surface area is 167 Å². The highest BCUT2D eigenvalue weighted by molar-refractivity contribution is 6.32. The minimum Gasteiger partial charge on any atom is -0.319 e. The van der Waals surface area contributed by atoms with Crippen molar-refractivity contribution in [2.45, 2.75) is 13.5 Å². The Bertz CT molecular complexity index is 1120. The predicted molar refractivity (Wildman–Crippen MR) is 109 cm³/mol. The maximum Gasteiger partial charge on any atom is 0.259 e. The quantitative estimate of drug-likeness (QED) is 0.550. The van der Waals surface area contributed by atoms with Crippen molar-refractivity contribution in [2.75, 3.05) is 5.32 Å². The molecule has 0 saturated carbocycles. The first kappa shape index (κ1) is 18.0. The molecule has 28 heavy (non-hydrogen) atoms. The summed E-state index contributed by atoms with van der Waals surface area (Å²) in [5.41, 5.74) is 3.79. The van der Waals surface area contributed by atoms with Crippen LogP contribution >= 0.6 is 11.6 Å². The number of para-hydroxylation sites is 1. The van der Waals surface area contributed by atoms with Crippen LogP contribution < -0.4 is 5.32 Å².